The van der Waals surface area contributed by atoms with E-state index in [9.17, 15) is 0 Å². The van der Waals surface area contributed by atoms with Crippen molar-refractivity contribution in [1.82, 2.24) is 5.32 Å². The standard InChI is InChI=1S/C18H31NO/c1-5-13-19-18(12-7-9-15(3)4)16-10-8-11-17(14-16)20-6-2/h8,10-11,14-15,18-19H,5-7,9,12-13H2,1-4H3. The predicted octanol–water partition coefficient (Wildman–Crippen LogP) is 4.95. The maximum absolute atomic E-state index is 5.62. The molecule has 0 aliphatic carbocycles. The first-order valence-electron chi connectivity index (χ1n) is 8.13. The van der Waals surface area contributed by atoms with Gasteiger partial charge >= 0.3 is 0 Å². The summed E-state index contributed by atoms with van der Waals surface area (Å²) in [6.07, 6.45) is 4.95. The van der Waals surface area contributed by atoms with Gasteiger partial charge in [0.2, 0.25) is 0 Å². The van der Waals surface area contributed by atoms with Crippen LogP contribution < -0.4 is 10.1 Å². The number of rotatable bonds is 10. The lowest BCUT2D eigenvalue weighted by atomic mass is 9.97. The second kappa shape index (κ2) is 9.82. The first kappa shape index (κ1) is 17.0. The van der Waals surface area contributed by atoms with Crippen LogP contribution in [0.25, 0.3) is 0 Å². The maximum atomic E-state index is 5.62. The Hall–Kier alpha value is -1.02. The van der Waals surface area contributed by atoms with E-state index in [4.69, 9.17) is 4.74 Å². The van der Waals surface area contributed by atoms with E-state index in [0.717, 1.165) is 24.8 Å². The van der Waals surface area contributed by atoms with Crippen LogP contribution in [0.5, 0.6) is 5.75 Å². The van der Waals surface area contributed by atoms with Crippen LogP contribution >= 0.6 is 0 Å². The van der Waals surface area contributed by atoms with Gasteiger partial charge in [0.05, 0.1) is 6.61 Å². The van der Waals surface area contributed by atoms with Gasteiger partial charge in [-0.05, 0) is 49.9 Å². The highest BCUT2D eigenvalue weighted by atomic mass is 16.5. The Morgan fingerprint density at radius 3 is 2.60 bits per heavy atom. The van der Waals surface area contributed by atoms with Crippen molar-refractivity contribution in [1.29, 1.82) is 0 Å². The molecule has 0 aliphatic heterocycles. The van der Waals surface area contributed by atoms with Gasteiger partial charge in [-0.3, -0.25) is 0 Å². The normalized spacial score (nSPS) is 12.7. The van der Waals surface area contributed by atoms with Crippen LogP contribution in [0.1, 0.15) is 65.0 Å². The highest BCUT2D eigenvalue weighted by molar-refractivity contribution is 5.30. The molecule has 114 valence electrons. The molecule has 0 saturated carbocycles. The second-order valence-electron chi connectivity index (χ2n) is 5.84. The van der Waals surface area contributed by atoms with E-state index in [0.29, 0.717) is 6.04 Å². The molecule has 0 radical (unpaired) electrons. The molecule has 1 atom stereocenters. The average molecular weight is 277 g/mol. The first-order valence-corrected chi connectivity index (χ1v) is 8.13. The van der Waals surface area contributed by atoms with Crippen LogP contribution in [0.15, 0.2) is 24.3 Å². The number of ether oxygens (including phenoxy) is 1. The Balaban J connectivity index is 2.67. The summed E-state index contributed by atoms with van der Waals surface area (Å²) in [6.45, 7) is 10.6. The van der Waals surface area contributed by atoms with Gasteiger partial charge in [0, 0.05) is 6.04 Å². The Kier molecular flexibility index (Phi) is 8.36. The van der Waals surface area contributed by atoms with Crippen molar-refractivity contribution in [3.05, 3.63) is 29.8 Å². The van der Waals surface area contributed by atoms with Gasteiger partial charge in [0.15, 0.2) is 0 Å². The summed E-state index contributed by atoms with van der Waals surface area (Å²) in [6, 6.07) is 8.99. The third-order valence-corrected chi connectivity index (χ3v) is 3.49. The van der Waals surface area contributed by atoms with E-state index >= 15 is 0 Å². The summed E-state index contributed by atoms with van der Waals surface area (Å²) in [4.78, 5) is 0. The fraction of sp³-hybridized carbons (Fsp3) is 0.667. The Morgan fingerprint density at radius 1 is 1.15 bits per heavy atom. The lowest BCUT2D eigenvalue weighted by molar-refractivity contribution is 0.339. The monoisotopic (exact) mass is 277 g/mol. The lowest BCUT2D eigenvalue weighted by Gasteiger charge is -2.20. The molecule has 0 heterocycles. The van der Waals surface area contributed by atoms with Crippen LogP contribution in [-0.2, 0) is 0 Å². The molecule has 1 rings (SSSR count). The zero-order valence-electron chi connectivity index (χ0n) is 13.6. The van der Waals surface area contributed by atoms with Crippen molar-refractivity contribution in [3.8, 4) is 5.75 Å². The molecule has 0 fully saturated rings. The third-order valence-electron chi connectivity index (χ3n) is 3.49. The summed E-state index contributed by atoms with van der Waals surface area (Å²) >= 11 is 0. The average Bonchev–Trinajstić information content (AvgIpc) is 2.43. The molecule has 1 aromatic carbocycles. The quantitative estimate of drug-likeness (QED) is 0.653. The summed E-state index contributed by atoms with van der Waals surface area (Å²) in [5, 5.41) is 3.67. The third kappa shape index (κ3) is 6.42. The molecule has 0 spiro atoms. The fourth-order valence-corrected chi connectivity index (χ4v) is 2.42. The summed E-state index contributed by atoms with van der Waals surface area (Å²) < 4.78 is 5.62. The summed E-state index contributed by atoms with van der Waals surface area (Å²) in [5.41, 5.74) is 1.35. The minimum absolute atomic E-state index is 0.453. The van der Waals surface area contributed by atoms with Crippen LogP contribution in [0.4, 0.5) is 0 Å². The van der Waals surface area contributed by atoms with Crippen LogP contribution in [0.3, 0.4) is 0 Å². The van der Waals surface area contributed by atoms with Gasteiger partial charge in [-0.25, -0.2) is 0 Å². The molecule has 20 heavy (non-hydrogen) atoms. The number of benzene rings is 1. The number of hydrogen-bond acceptors (Lipinski definition) is 2. The highest BCUT2D eigenvalue weighted by Gasteiger charge is 2.11. The van der Waals surface area contributed by atoms with Gasteiger partial charge in [-0.2, -0.15) is 0 Å². The van der Waals surface area contributed by atoms with Gasteiger partial charge in [-0.15, -0.1) is 0 Å². The number of hydrogen-bond donors (Lipinski definition) is 1. The topological polar surface area (TPSA) is 21.3 Å². The number of nitrogens with one attached hydrogen (secondary N) is 1. The second-order valence-corrected chi connectivity index (χ2v) is 5.84. The van der Waals surface area contributed by atoms with E-state index < -0.39 is 0 Å². The fourth-order valence-electron chi connectivity index (χ4n) is 2.42. The zero-order chi connectivity index (χ0) is 14.8. The van der Waals surface area contributed by atoms with Gasteiger partial charge in [0.1, 0.15) is 5.75 Å². The summed E-state index contributed by atoms with van der Waals surface area (Å²) in [7, 11) is 0. The molecule has 1 aromatic rings. The summed E-state index contributed by atoms with van der Waals surface area (Å²) in [5.74, 6) is 1.77. The van der Waals surface area contributed by atoms with E-state index in [-0.39, 0.29) is 0 Å². The SMILES string of the molecule is CCCNC(CCCC(C)C)c1cccc(OCC)c1. The van der Waals surface area contributed by atoms with E-state index in [2.05, 4.69) is 44.3 Å². The molecular formula is C18H31NO. The molecule has 2 heteroatoms. The van der Waals surface area contributed by atoms with Crippen molar-refractivity contribution in [2.75, 3.05) is 13.2 Å². The molecular weight excluding hydrogens is 246 g/mol. The van der Waals surface area contributed by atoms with E-state index in [1.807, 2.05) is 13.0 Å². The van der Waals surface area contributed by atoms with Gasteiger partial charge in [-0.1, -0.05) is 45.7 Å². The molecule has 0 amide bonds. The minimum Gasteiger partial charge on any atom is -0.494 e. The first-order chi connectivity index (χ1) is 9.67. The molecule has 1 N–H and O–H groups in total. The predicted molar refractivity (Wildman–Crippen MR) is 87.3 cm³/mol. The lowest BCUT2D eigenvalue weighted by Crippen LogP contribution is -2.22. The van der Waals surface area contributed by atoms with Crippen LogP contribution in [0, 0.1) is 5.92 Å². The van der Waals surface area contributed by atoms with E-state index in [1.54, 1.807) is 0 Å². The van der Waals surface area contributed by atoms with Crippen molar-refractivity contribution < 1.29 is 4.74 Å². The Labute approximate surface area is 124 Å². The van der Waals surface area contributed by atoms with Crippen LogP contribution in [0.2, 0.25) is 0 Å². The molecule has 1 unspecified atom stereocenters. The molecule has 0 saturated heterocycles. The van der Waals surface area contributed by atoms with Gasteiger partial charge in [0.25, 0.3) is 0 Å². The Morgan fingerprint density at radius 2 is 1.95 bits per heavy atom. The van der Waals surface area contributed by atoms with Crippen LogP contribution in [-0.4, -0.2) is 13.2 Å². The largest absolute Gasteiger partial charge is 0.494 e. The van der Waals surface area contributed by atoms with Crippen molar-refractivity contribution in [3.63, 3.8) is 0 Å². The molecule has 0 bridgehead atoms. The highest BCUT2D eigenvalue weighted by Crippen LogP contribution is 2.24. The molecule has 2 nitrogen and oxygen atoms in total. The van der Waals surface area contributed by atoms with Crippen molar-refractivity contribution in [2.24, 2.45) is 5.92 Å². The van der Waals surface area contributed by atoms with Gasteiger partial charge < -0.3 is 10.1 Å². The van der Waals surface area contributed by atoms with E-state index in [1.165, 1.54) is 31.2 Å². The van der Waals surface area contributed by atoms with Crippen molar-refractivity contribution in [2.45, 2.75) is 59.4 Å². The zero-order valence-corrected chi connectivity index (χ0v) is 13.6. The molecule has 0 aliphatic rings. The minimum atomic E-state index is 0.453. The smallest absolute Gasteiger partial charge is 0.119 e. The maximum Gasteiger partial charge on any atom is 0.119 e. The Bertz CT molecular complexity index is 362. The molecule has 0 aromatic heterocycles. The van der Waals surface area contributed by atoms with Crippen molar-refractivity contribution >= 4 is 0 Å².